The van der Waals surface area contributed by atoms with Crippen LogP contribution in [-0.4, -0.2) is 41.9 Å². The number of primary amides is 1. The first-order valence-corrected chi connectivity index (χ1v) is 5.82. The summed E-state index contributed by atoms with van der Waals surface area (Å²) >= 11 is 0. The monoisotopic (exact) mass is 227 g/mol. The zero-order valence-corrected chi connectivity index (χ0v) is 10.0. The van der Waals surface area contributed by atoms with Gasteiger partial charge in [-0.1, -0.05) is 0 Å². The Labute approximate surface area is 96.4 Å². The number of nitrogens with two attached hydrogens (primary N) is 1. The lowest BCUT2D eigenvalue weighted by Crippen LogP contribution is -2.43. The molecular formula is C11H21N3O2. The van der Waals surface area contributed by atoms with Crippen LogP contribution in [0.15, 0.2) is 0 Å². The van der Waals surface area contributed by atoms with E-state index in [1.54, 1.807) is 0 Å². The minimum Gasteiger partial charge on any atom is -0.368 e. The lowest BCUT2D eigenvalue weighted by Gasteiger charge is -2.25. The number of rotatable bonds is 7. The van der Waals surface area contributed by atoms with E-state index in [1.165, 1.54) is 17.7 Å². The van der Waals surface area contributed by atoms with E-state index in [0.717, 1.165) is 0 Å². The molecule has 2 amide bonds. The maximum atomic E-state index is 11.8. The maximum Gasteiger partial charge on any atom is 0.237 e. The average Bonchev–Trinajstić information content (AvgIpc) is 2.97. The molecule has 0 atom stereocenters. The Morgan fingerprint density at radius 1 is 1.44 bits per heavy atom. The van der Waals surface area contributed by atoms with Crippen molar-refractivity contribution in [2.45, 2.75) is 45.2 Å². The van der Waals surface area contributed by atoms with Crippen LogP contribution in [0, 0.1) is 0 Å². The molecular weight excluding hydrogens is 206 g/mol. The summed E-state index contributed by atoms with van der Waals surface area (Å²) in [4.78, 5) is 24.1. The van der Waals surface area contributed by atoms with Gasteiger partial charge in [0.15, 0.2) is 0 Å². The van der Waals surface area contributed by atoms with Gasteiger partial charge < -0.3 is 16.0 Å². The second-order valence-corrected chi connectivity index (χ2v) is 4.56. The number of nitrogens with one attached hydrogen (secondary N) is 1. The number of hydrogen-bond donors (Lipinski definition) is 2. The Hall–Kier alpha value is -1.10. The predicted octanol–water partition coefficient (Wildman–Crippen LogP) is -0.149. The predicted molar refractivity (Wildman–Crippen MR) is 61.7 cm³/mol. The van der Waals surface area contributed by atoms with Gasteiger partial charge in [-0.3, -0.25) is 9.59 Å². The lowest BCUT2D eigenvalue weighted by atomic mass is 10.2. The molecule has 0 aromatic carbocycles. The highest BCUT2D eigenvalue weighted by Crippen LogP contribution is 2.18. The van der Waals surface area contributed by atoms with Gasteiger partial charge in [0.1, 0.15) is 0 Å². The highest BCUT2D eigenvalue weighted by molar-refractivity contribution is 5.84. The van der Waals surface area contributed by atoms with Crippen LogP contribution in [0.3, 0.4) is 0 Å². The molecule has 0 aliphatic heterocycles. The third kappa shape index (κ3) is 4.61. The van der Waals surface area contributed by atoms with E-state index in [9.17, 15) is 9.59 Å². The number of amides is 2. The number of carbonyl (C=O) groups excluding carboxylic acids is 2. The molecule has 0 bridgehead atoms. The quantitative estimate of drug-likeness (QED) is 0.635. The summed E-state index contributed by atoms with van der Waals surface area (Å²) in [5, 5.41) is 3.27. The van der Waals surface area contributed by atoms with Gasteiger partial charge in [0, 0.05) is 25.0 Å². The van der Waals surface area contributed by atoms with Gasteiger partial charge in [-0.25, -0.2) is 0 Å². The van der Waals surface area contributed by atoms with Crippen molar-refractivity contribution < 1.29 is 9.59 Å². The molecule has 16 heavy (non-hydrogen) atoms. The highest BCUT2D eigenvalue weighted by Gasteiger charge is 2.22. The van der Waals surface area contributed by atoms with Gasteiger partial charge in [0.2, 0.25) is 11.8 Å². The van der Waals surface area contributed by atoms with Crippen molar-refractivity contribution in [3.63, 3.8) is 0 Å². The van der Waals surface area contributed by atoms with Crippen molar-refractivity contribution in [2.24, 2.45) is 5.73 Å². The fourth-order valence-corrected chi connectivity index (χ4v) is 1.54. The number of hydrogen-bond acceptors (Lipinski definition) is 3. The minimum absolute atomic E-state index is 0.0121. The Morgan fingerprint density at radius 3 is 2.50 bits per heavy atom. The second kappa shape index (κ2) is 5.84. The van der Waals surface area contributed by atoms with Crippen LogP contribution in [0.2, 0.25) is 0 Å². The zero-order chi connectivity index (χ0) is 12.1. The van der Waals surface area contributed by atoms with Crippen molar-refractivity contribution >= 4 is 11.8 Å². The van der Waals surface area contributed by atoms with Crippen molar-refractivity contribution in [1.82, 2.24) is 10.2 Å². The van der Waals surface area contributed by atoms with Crippen molar-refractivity contribution in [1.29, 1.82) is 0 Å². The van der Waals surface area contributed by atoms with Crippen molar-refractivity contribution in [3.8, 4) is 0 Å². The second-order valence-electron chi connectivity index (χ2n) is 4.56. The zero-order valence-electron chi connectivity index (χ0n) is 10.0. The van der Waals surface area contributed by atoms with Crippen LogP contribution in [0.4, 0.5) is 0 Å². The van der Waals surface area contributed by atoms with Crippen LogP contribution < -0.4 is 11.1 Å². The third-order valence-corrected chi connectivity index (χ3v) is 2.62. The maximum absolute atomic E-state index is 11.8. The molecule has 0 saturated heterocycles. The molecule has 5 nitrogen and oxygen atoms in total. The highest BCUT2D eigenvalue weighted by atomic mass is 16.2. The largest absolute Gasteiger partial charge is 0.368 e. The van der Waals surface area contributed by atoms with E-state index in [4.69, 9.17) is 5.73 Å². The van der Waals surface area contributed by atoms with Gasteiger partial charge in [0.25, 0.3) is 0 Å². The Kier molecular flexibility index (Phi) is 4.73. The first-order chi connectivity index (χ1) is 7.50. The molecule has 0 unspecified atom stereocenters. The van der Waals surface area contributed by atoms with Gasteiger partial charge in [-0.15, -0.1) is 0 Å². The third-order valence-electron chi connectivity index (χ3n) is 2.62. The molecule has 0 radical (unpaired) electrons. The van der Waals surface area contributed by atoms with E-state index in [2.05, 4.69) is 5.32 Å². The molecule has 3 N–H and O–H groups in total. The Balaban J connectivity index is 2.30. The fourth-order valence-electron chi connectivity index (χ4n) is 1.54. The molecule has 5 heteroatoms. The Morgan fingerprint density at radius 2 is 2.06 bits per heavy atom. The molecule has 1 aliphatic carbocycles. The molecule has 0 heterocycles. The normalized spacial score (nSPS) is 15.2. The topological polar surface area (TPSA) is 75.4 Å². The van der Waals surface area contributed by atoms with E-state index in [1.807, 2.05) is 13.8 Å². The molecule has 1 rings (SSSR count). The number of nitrogens with zero attached hydrogens (tertiary/aromatic N) is 1. The summed E-state index contributed by atoms with van der Waals surface area (Å²) < 4.78 is 0. The summed E-state index contributed by atoms with van der Waals surface area (Å²) in [6, 6.07) is 0.623. The van der Waals surface area contributed by atoms with Gasteiger partial charge >= 0.3 is 0 Å². The summed E-state index contributed by atoms with van der Waals surface area (Å²) in [5.41, 5.74) is 5.11. The van der Waals surface area contributed by atoms with Crippen molar-refractivity contribution in [3.05, 3.63) is 0 Å². The molecule has 0 spiro atoms. The van der Waals surface area contributed by atoms with Crippen LogP contribution in [0.25, 0.3) is 0 Å². The SMILES string of the molecule is CC(C)N(CC(N)=O)C(=O)CCNC1CC1. The van der Waals surface area contributed by atoms with E-state index < -0.39 is 5.91 Å². The summed E-state index contributed by atoms with van der Waals surface area (Å²) in [5.74, 6) is -0.473. The molecule has 0 aromatic heterocycles. The minimum atomic E-state index is -0.461. The average molecular weight is 227 g/mol. The standard InChI is InChI=1S/C11H21N3O2/c1-8(2)14(7-10(12)15)11(16)5-6-13-9-3-4-9/h8-9,13H,3-7H2,1-2H3,(H2,12,15). The Bertz CT molecular complexity index is 262. The van der Waals surface area contributed by atoms with E-state index in [-0.39, 0.29) is 18.5 Å². The van der Waals surface area contributed by atoms with Crippen LogP contribution in [0.1, 0.15) is 33.1 Å². The smallest absolute Gasteiger partial charge is 0.237 e. The fraction of sp³-hybridized carbons (Fsp3) is 0.818. The molecule has 1 saturated carbocycles. The van der Waals surface area contributed by atoms with E-state index in [0.29, 0.717) is 19.0 Å². The van der Waals surface area contributed by atoms with E-state index >= 15 is 0 Å². The summed E-state index contributed by atoms with van der Waals surface area (Å²) in [6.07, 6.45) is 2.86. The van der Waals surface area contributed by atoms with Crippen LogP contribution in [-0.2, 0) is 9.59 Å². The molecule has 1 fully saturated rings. The van der Waals surface area contributed by atoms with Crippen molar-refractivity contribution in [2.75, 3.05) is 13.1 Å². The first kappa shape index (κ1) is 13.0. The van der Waals surface area contributed by atoms with Gasteiger partial charge in [-0.2, -0.15) is 0 Å². The molecule has 92 valence electrons. The van der Waals surface area contributed by atoms with Gasteiger partial charge in [0.05, 0.1) is 6.54 Å². The summed E-state index contributed by atoms with van der Waals surface area (Å²) in [7, 11) is 0. The van der Waals surface area contributed by atoms with Crippen LogP contribution >= 0.6 is 0 Å². The van der Waals surface area contributed by atoms with Gasteiger partial charge in [-0.05, 0) is 26.7 Å². The molecule has 0 aromatic rings. The summed E-state index contributed by atoms with van der Waals surface area (Å²) in [6.45, 7) is 4.47. The first-order valence-electron chi connectivity index (χ1n) is 5.82. The lowest BCUT2D eigenvalue weighted by molar-refractivity contribution is -0.136. The van der Waals surface area contributed by atoms with Crippen LogP contribution in [0.5, 0.6) is 0 Å². The molecule has 1 aliphatic rings. The number of carbonyl (C=O) groups is 2.